The summed E-state index contributed by atoms with van der Waals surface area (Å²) in [4.78, 5) is 0.182. The van der Waals surface area contributed by atoms with E-state index >= 15 is 0 Å². The molecule has 0 spiro atoms. The second-order valence-electron chi connectivity index (χ2n) is 3.12. The number of hydrogen-bond donors (Lipinski definition) is 2. The van der Waals surface area contributed by atoms with Crippen molar-refractivity contribution in [2.75, 3.05) is 12.0 Å². The first-order chi connectivity index (χ1) is 7.10. The summed E-state index contributed by atoms with van der Waals surface area (Å²) in [5.74, 6) is 0.771. The van der Waals surface area contributed by atoms with Crippen molar-refractivity contribution in [1.29, 1.82) is 0 Å². The highest BCUT2D eigenvalue weighted by molar-refractivity contribution is 7.98. The van der Waals surface area contributed by atoms with Gasteiger partial charge in [0.05, 0.1) is 6.20 Å². The first kappa shape index (κ1) is 12.5. The molecule has 1 aromatic rings. The smallest absolute Gasteiger partial charge is 0.243 e. The van der Waals surface area contributed by atoms with Crippen LogP contribution in [0.3, 0.4) is 0 Å². The zero-order valence-corrected chi connectivity index (χ0v) is 10.4. The van der Waals surface area contributed by atoms with Crippen LogP contribution in [0, 0.1) is 0 Å². The number of aromatic amines is 1. The second-order valence-corrected chi connectivity index (χ2v) is 5.74. The summed E-state index contributed by atoms with van der Waals surface area (Å²) in [5, 5.41) is 6.10. The minimum atomic E-state index is -3.41. The molecule has 5 nitrogen and oxygen atoms in total. The molecule has 1 unspecified atom stereocenters. The molecule has 2 N–H and O–H groups in total. The largest absolute Gasteiger partial charge is 0.284 e. The van der Waals surface area contributed by atoms with Gasteiger partial charge in [-0.05, 0) is 12.7 Å². The molecule has 0 saturated carbocycles. The molecule has 15 heavy (non-hydrogen) atoms. The Morgan fingerprint density at radius 1 is 1.67 bits per heavy atom. The van der Waals surface area contributed by atoms with Crippen molar-refractivity contribution < 1.29 is 8.42 Å². The van der Waals surface area contributed by atoms with Crippen molar-refractivity contribution in [2.24, 2.45) is 0 Å². The highest BCUT2D eigenvalue weighted by Gasteiger charge is 2.19. The molecule has 0 aromatic carbocycles. The summed E-state index contributed by atoms with van der Waals surface area (Å²) in [6.45, 7) is 1.96. The Morgan fingerprint density at radius 2 is 2.40 bits per heavy atom. The van der Waals surface area contributed by atoms with Crippen molar-refractivity contribution in [3.05, 3.63) is 12.4 Å². The highest BCUT2D eigenvalue weighted by atomic mass is 32.2. The first-order valence-corrected chi connectivity index (χ1v) is 7.48. The van der Waals surface area contributed by atoms with Crippen LogP contribution in [-0.4, -0.2) is 36.7 Å². The summed E-state index contributed by atoms with van der Waals surface area (Å²) < 4.78 is 26.2. The molecular weight excluding hydrogens is 234 g/mol. The Kier molecular flexibility index (Phi) is 4.62. The van der Waals surface area contributed by atoms with Gasteiger partial charge in [-0.15, -0.1) is 0 Å². The summed E-state index contributed by atoms with van der Waals surface area (Å²) in [7, 11) is -3.41. The van der Waals surface area contributed by atoms with E-state index < -0.39 is 10.0 Å². The van der Waals surface area contributed by atoms with Crippen LogP contribution >= 0.6 is 11.8 Å². The van der Waals surface area contributed by atoms with Crippen LogP contribution in [0.4, 0.5) is 0 Å². The lowest BCUT2D eigenvalue weighted by molar-refractivity contribution is 0.558. The summed E-state index contributed by atoms with van der Waals surface area (Å²) in [6.07, 6.45) is 5.40. The van der Waals surface area contributed by atoms with Gasteiger partial charge in [0.2, 0.25) is 10.0 Å². The van der Waals surface area contributed by atoms with Crippen molar-refractivity contribution in [2.45, 2.75) is 24.3 Å². The number of hydrogen-bond acceptors (Lipinski definition) is 4. The van der Waals surface area contributed by atoms with E-state index in [1.54, 1.807) is 11.8 Å². The molecule has 0 fully saturated rings. The number of nitrogens with one attached hydrogen (secondary N) is 2. The lowest BCUT2D eigenvalue weighted by Crippen LogP contribution is -2.35. The Bertz CT molecular complexity index is 375. The van der Waals surface area contributed by atoms with Crippen LogP contribution in [0.25, 0.3) is 0 Å². The fourth-order valence-corrected chi connectivity index (χ4v) is 3.16. The maximum Gasteiger partial charge on any atom is 0.243 e. The van der Waals surface area contributed by atoms with E-state index in [9.17, 15) is 8.42 Å². The lowest BCUT2D eigenvalue weighted by Gasteiger charge is -2.14. The van der Waals surface area contributed by atoms with Crippen molar-refractivity contribution in [3.63, 3.8) is 0 Å². The van der Waals surface area contributed by atoms with Gasteiger partial charge in [-0.3, -0.25) is 5.10 Å². The number of nitrogens with zero attached hydrogens (tertiary/aromatic N) is 1. The quantitative estimate of drug-likeness (QED) is 0.783. The van der Waals surface area contributed by atoms with E-state index in [1.807, 2.05) is 13.2 Å². The molecule has 0 saturated heterocycles. The average molecular weight is 249 g/mol. The number of H-pyrrole nitrogens is 1. The molecule has 0 bridgehead atoms. The number of thioether (sulfide) groups is 1. The van der Waals surface area contributed by atoms with Crippen LogP contribution < -0.4 is 4.72 Å². The predicted molar refractivity (Wildman–Crippen MR) is 61.4 cm³/mol. The molecule has 0 aliphatic heterocycles. The minimum Gasteiger partial charge on any atom is -0.284 e. The molecule has 0 aliphatic carbocycles. The van der Waals surface area contributed by atoms with Gasteiger partial charge in [-0.1, -0.05) is 6.92 Å². The molecule has 1 rings (SSSR count). The summed E-state index contributed by atoms with van der Waals surface area (Å²) >= 11 is 1.62. The maximum absolute atomic E-state index is 11.8. The fourth-order valence-electron chi connectivity index (χ4n) is 1.11. The zero-order valence-electron chi connectivity index (χ0n) is 8.73. The average Bonchev–Trinajstić information content (AvgIpc) is 2.70. The Balaban J connectivity index is 2.72. The van der Waals surface area contributed by atoms with Gasteiger partial charge in [-0.25, -0.2) is 13.1 Å². The van der Waals surface area contributed by atoms with Gasteiger partial charge in [0.25, 0.3) is 0 Å². The van der Waals surface area contributed by atoms with Crippen molar-refractivity contribution in [3.8, 4) is 0 Å². The van der Waals surface area contributed by atoms with Crippen LogP contribution in [0.5, 0.6) is 0 Å². The first-order valence-electron chi connectivity index (χ1n) is 4.60. The molecule has 1 heterocycles. The second kappa shape index (κ2) is 5.53. The van der Waals surface area contributed by atoms with Gasteiger partial charge in [-0.2, -0.15) is 16.9 Å². The molecule has 1 atom stereocenters. The minimum absolute atomic E-state index is 0.0279. The number of aromatic nitrogens is 2. The SMILES string of the molecule is CCC(CSC)NS(=O)(=O)c1cn[nH]c1. The van der Waals surface area contributed by atoms with E-state index in [0.29, 0.717) is 0 Å². The van der Waals surface area contributed by atoms with Crippen LogP contribution in [0.2, 0.25) is 0 Å². The van der Waals surface area contributed by atoms with Crippen LogP contribution in [0.15, 0.2) is 17.3 Å². The molecule has 0 amide bonds. The van der Waals surface area contributed by atoms with Crippen LogP contribution in [0.1, 0.15) is 13.3 Å². The fraction of sp³-hybridized carbons (Fsp3) is 0.625. The summed E-state index contributed by atoms with van der Waals surface area (Å²) in [6, 6.07) is -0.0279. The molecular formula is C8H15N3O2S2. The van der Waals surface area contributed by atoms with Gasteiger partial charge in [0, 0.05) is 18.0 Å². The monoisotopic (exact) mass is 249 g/mol. The molecule has 7 heteroatoms. The normalized spacial score (nSPS) is 14.0. The van der Waals surface area contributed by atoms with E-state index in [1.165, 1.54) is 12.4 Å². The molecule has 1 aromatic heterocycles. The third-order valence-electron chi connectivity index (χ3n) is 1.97. The Labute approximate surface area is 94.1 Å². The summed E-state index contributed by atoms with van der Waals surface area (Å²) in [5.41, 5.74) is 0. The standard InChI is InChI=1S/C8H15N3O2S2/c1-3-7(6-14-2)11-15(12,13)8-4-9-10-5-8/h4-5,7,11H,3,6H2,1-2H3,(H,9,10). The maximum atomic E-state index is 11.8. The van der Waals surface area contributed by atoms with Crippen molar-refractivity contribution >= 4 is 21.8 Å². The topological polar surface area (TPSA) is 74.8 Å². The van der Waals surface area contributed by atoms with Gasteiger partial charge in [0.15, 0.2) is 0 Å². The third-order valence-corrected chi connectivity index (χ3v) is 4.19. The number of sulfonamides is 1. The van der Waals surface area contributed by atoms with Gasteiger partial charge < -0.3 is 0 Å². The van der Waals surface area contributed by atoms with E-state index in [4.69, 9.17) is 0 Å². The number of rotatable bonds is 6. The highest BCUT2D eigenvalue weighted by Crippen LogP contribution is 2.09. The predicted octanol–water partition coefficient (Wildman–Crippen LogP) is 0.830. The lowest BCUT2D eigenvalue weighted by atomic mass is 10.3. The van der Waals surface area contributed by atoms with Gasteiger partial charge >= 0.3 is 0 Å². The zero-order chi connectivity index (χ0) is 11.3. The van der Waals surface area contributed by atoms with E-state index in [0.717, 1.165) is 12.2 Å². The molecule has 86 valence electrons. The van der Waals surface area contributed by atoms with E-state index in [-0.39, 0.29) is 10.9 Å². The van der Waals surface area contributed by atoms with Gasteiger partial charge in [0.1, 0.15) is 4.90 Å². The van der Waals surface area contributed by atoms with Crippen molar-refractivity contribution in [1.82, 2.24) is 14.9 Å². The molecule has 0 aliphatic rings. The van der Waals surface area contributed by atoms with E-state index in [2.05, 4.69) is 14.9 Å². The Hall–Kier alpha value is -0.530. The Morgan fingerprint density at radius 3 is 2.87 bits per heavy atom. The van der Waals surface area contributed by atoms with Crippen LogP contribution in [-0.2, 0) is 10.0 Å². The molecule has 0 radical (unpaired) electrons. The third kappa shape index (κ3) is 3.51.